The molecule has 0 aromatic heterocycles. The van der Waals surface area contributed by atoms with Crippen LogP contribution in [0.5, 0.6) is 0 Å². The van der Waals surface area contributed by atoms with Crippen molar-refractivity contribution in [1.82, 2.24) is 0 Å². The molecule has 1 atom stereocenters. The maximum atomic E-state index is 14.6. The van der Waals surface area contributed by atoms with Crippen molar-refractivity contribution in [3.8, 4) is 0 Å². The minimum absolute atomic E-state index is 0.306. The van der Waals surface area contributed by atoms with Crippen LogP contribution >= 0.6 is 0 Å². The fraction of sp³-hybridized carbons (Fsp3) is 1.00. The van der Waals surface area contributed by atoms with Crippen LogP contribution in [0.3, 0.4) is 0 Å². The number of rotatable bonds is 5. The van der Waals surface area contributed by atoms with Gasteiger partial charge in [0, 0.05) is 10.8 Å². The molecule has 0 aliphatic rings. The average molecular weight is 308 g/mol. The molecule has 0 N–H and O–H groups in total. The van der Waals surface area contributed by atoms with Crippen LogP contribution in [0.25, 0.3) is 0 Å². The second kappa shape index (κ2) is 5.77. The molecule has 0 radical (unpaired) electrons. The lowest BCUT2D eigenvalue weighted by Gasteiger charge is -2.45. The Kier molecular flexibility index (Phi) is 5.72. The molecule has 128 valence electrons. The van der Waals surface area contributed by atoms with Crippen LogP contribution in [0.1, 0.15) is 82.1 Å². The first-order chi connectivity index (χ1) is 8.86. The van der Waals surface area contributed by atoms with Crippen molar-refractivity contribution < 1.29 is 13.2 Å². The third kappa shape index (κ3) is 4.63. The molecule has 1 unspecified atom stereocenters. The largest absolute Gasteiger partial charge is 0.257 e. The van der Waals surface area contributed by atoms with Crippen molar-refractivity contribution in [3.63, 3.8) is 0 Å². The molecule has 0 amide bonds. The van der Waals surface area contributed by atoms with Crippen molar-refractivity contribution >= 4 is 0 Å². The Balaban J connectivity index is 5.08. The second-order valence-corrected chi connectivity index (χ2v) is 9.93. The van der Waals surface area contributed by atoms with Gasteiger partial charge in [0.15, 0.2) is 0 Å². The molecule has 0 spiro atoms. The summed E-state index contributed by atoms with van der Waals surface area (Å²) in [6.07, 6.45) is -0.269. The molecule has 21 heavy (non-hydrogen) atoms. The monoisotopic (exact) mass is 308 g/mol. The highest BCUT2D eigenvalue weighted by atomic mass is 19.3. The van der Waals surface area contributed by atoms with Crippen LogP contribution < -0.4 is 0 Å². The van der Waals surface area contributed by atoms with Crippen molar-refractivity contribution in [2.24, 2.45) is 21.7 Å². The van der Waals surface area contributed by atoms with Gasteiger partial charge < -0.3 is 0 Å². The van der Waals surface area contributed by atoms with Gasteiger partial charge in [-0.2, -0.15) is 0 Å². The Bertz CT molecular complexity index is 340. The van der Waals surface area contributed by atoms with Gasteiger partial charge in [-0.05, 0) is 23.7 Å². The molecule has 0 saturated heterocycles. The summed E-state index contributed by atoms with van der Waals surface area (Å²) in [4.78, 5) is 0. The van der Waals surface area contributed by atoms with Gasteiger partial charge in [0.1, 0.15) is 6.17 Å². The van der Waals surface area contributed by atoms with Crippen molar-refractivity contribution in [3.05, 3.63) is 0 Å². The highest BCUT2D eigenvalue weighted by Gasteiger charge is 2.55. The second-order valence-electron chi connectivity index (χ2n) is 9.93. The standard InChI is InChI=1S/C18H35F3/c1-14(2,3)13(19)16(7,8)11-12-17(9,10)18(20,21)15(4,5)6/h13H,11-12H2,1-10H3. The molecule has 0 saturated carbocycles. The summed E-state index contributed by atoms with van der Waals surface area (Å²) in [7, 11) is 0. The van der Waals surface area contributed by atoms with Gasteiger partial charge in [0.05, 0.1) is 0 Å². The normalized spacial score (nSPS) is 17.0. The molecule has 0 aliphatic heterocycles. The SMILES string of the molecule is CC(C)(C)C(F)C(C)(C)CCC(C)(C)C(F)(F)C(C)(C)C. The van der Waals surface area contributed by atoms with Gasteiger partial charge in [-0.25, -0.2) is 13.2 Å². The molecular formula is C18H35F3. The molecule has 0 bridgehead atoms. The van der Waals surface area contributed by atoms with Gasteiger partial charge in [0.25, 0.3) is 5.92 Å². The fourth-order valence-corrected chi connectivity index (χ4v) is 3.11. The lowest BCUT2D eigenvalue weighted by atomic mass is 9.65. The van der Waals surface area contributed by atoms with E-state index >= 15 is 0 Å². The summed E-state index contributed by atoms with van der Waals surface area (Å²) < 4.78 is 43.9. The zero-order valence-electron chi connectivity index (χ0n) is 15.6. The van der Waals surface area contributed by atoms with Crippen LogP contribution in [0, 0.1) is 21.7 Å². The van der Waals surface area contributed by atoms with E-state index in [9.17, 15) is 13.2 Å². The van der Waals surface area contributed by atoms with E-state index in [1.54, 1.807) is 34.6 Å². The number of hydrogen-bond acceptors (Lipinski definition) is 0. The van der Waals surface area contributed by atoms with E-state index in [4.69, 9.17) is 0 Å². The number of halogens is 3. The molecule has 0 fully saturated rings. The Morgan fingerprint density at radius 3 is 1.38 bits per heavy atom. The Morgan fingerprint density at radius 2 is 1.10 bits per heavy atom. The van der Waals surface area contributed by atoms with Gasteiger partial charge in [-0.3, -0.25) is 0 Å². The molecule has 0 aliphatic carbocycles. The Hall–Kier alpha value is -0.210. The fourth-order valence-electron chi connectivity index (χ4n) is 3.11. The van der Waals surface area contributed by atoms with Crippen LogP contribution in [0.2, 0.25) is 0 Å². The van der Waals surface area contributed by atoms with E-state index < -0.39 is 33.8 Å². The third-order valence-electron chi connectivity index (χ3n) is 4.63. The van der Waals surface area contributed by atoms with E-state index in [1.807, 2.05) is 34.6 Å². The van der Waals surface area contributed by atoms with Gasteiger partial charge in [-0.15, -0.1) is 0 Å². The molecule has 0 aromatic carbocycles. The van der Waals surface area contributed by atoms with Crippen molar-refractivity contribution in [1.29, 1.82) is 0 Å². The summed E-state index contributed by atoms with van der Waals surface area (Å²) in [6.45, 7) is 17.1. The first-order valence-corrected chi connectivity index (χ1v) is 7.88. The van der Waals surface area contributed by atoms with Gasteiger partial charge in [0.2, 0.25) is 0 Å². The molecule has 0 aromatic rings. The summed E-state index contributed by atoms with van der Waals surface area (Å²) >= 11 is 0. The zero-order valence-corrected chi connectivity index (χ0v) is 15.6. The summed E-state index contributed by atoms with van der Waals surface area (Å²) in [5.74, 6) is -2.80. The average Bonchev–Trinajstić information content (AvgIpc) is 2.22. The van der Waals surface area contributed by atoms with Crippen molar-refractivity contribution in [2.45, 2.75) is 94.2 Å². The quantitative estimate of drug-likeness (QED) is 0.519. The van der Waals surface area contributed by atoms with Gasteiger partial charge >= 0.3 is 0 Å². The van der Waals surface area contributed by atoms with Crippen LogP contribution in [-0.2, 0) is 0 Å². The Labute approximate surface area is 129 Å². The van der Waals surface area contributed by atoms with Gasteiger partial charge in [-0.1, -0.05) is 69.2 Å². The summed E-state index contributed by atoms with van der Waals surface area (Å²) in [6, 6.07) is 0. The van der Waals surface area contributed by atoms with Crippen molar-refractivity contribution in [2.75, 3.05) is 0 Å². The smallest absolute Gasteiger partial charge is 0.246 e. The van der Waals surface area contributed by atoms with E-state index in [0.717, 1.165) is 0 Å². The molecular weight excluding hydrogens is 273 g/mol. The number of alkyl halides is 3. The maximum Gasteiger partial charge on any atom is 0.257 e. The molecule has 3 heteroatoms. The van der Waals surface area contributed by atoms with E-state index in [1.165, 1.54) is 0 Å². The van der Waals surface area contributed by atoms with Crippen LogP contribution in [0.4, 0.5) is 13.2 Å². The molecule has 0 heterocycles. The highest BCUT2D eigenvalue weighted by Crippen LogP contribution is 2.52. The Morgan fingerprint density at radius 1 is 0.714 bits per heavy atom. The third-order valence-corrected chi connectivity index (χ3v) is 4.63. The predicted molar refractivity (Wildman–Crippen MR) is 85.5 cm³/mol. The lowest BCUT2D eigenvalue weighted by molar-refractivity contribution is -0.185. The summed E-state index contributed by atoms with van der Waals surface area (Å²) in [5.41, 5.74) is -3.33. The summed E-state index contributed by atoms with van der Waals surface area (Å²) in [5, 5.41) is 0. The first-order valence-electron chi connectivity index (χ1n) is 7.88. The zero-order chi connectivity index (χ0) is 17.5. The van der Waals surface area contributed by atoms with E-state index in [-0.39, 0.29) is 0 Å². The minimum atomic E-state index is -2.80. The van der Waals surface area contributed by atoms with E-state index in [2.05, 4.69) is 0 Å². The highest BCUT2D eigenvalue weighted by molar-refractivity contribution is 4.96. The molecule has 0 rings (SSSR count). The topological polar surface area (TPSA) is 0 Å². The van der Waals surface area contributed by atoms with E-state index in [0.29, 0.717) is 12.8 Å². The predicted octanol–water partition coefficient (Wildman–Crippen LogP) is 6.88. The maximum absolute atomic E-state index is 14.6. The molecule has 0 nitrogen and oxygen atoms in total. The first kappa shape index (κ1) is 20.8. The minimum Gasteiger partial charge on any atom is -0.246 e. The van der Waals surface area contributed by atoms with Crippen LogP contribution in [-0.4, -0.2) is 12.1 Å². The number of hydrogen-bond donors (Lipinski definition) is 0. The van der Waals surface area contributed by atoms with Crippen LogP contribution in [0.15, 0.2) is 0 Å². The lowest BCUT2D eigenvalue weighted by Crippen LogP contribution is -2.48.